The normalized spacial score (nSPS) is 25.0. The summed E-state index contributed by atoms with van der Waals surface area (Å²) in [5.41, 5.74) is 2.02. The quantitative estimate of drug-likeness (QED) is 0.151. The Morgan fingerprint density at radius 1 is 0.685 bits per heavy atom. The van der Waals surface area contributed by atoms with E-state index in [1.165, 1.54) is 34.4 Å². The number of hydrogen-bond acceptors (Lipinski definition) is 13. The molecule has 17 nitrogen and oxygen atoms in total. The number of imidazole rings is 2. The molecule has 0 unspecified atom stereocenters. The number of nitrogens with zero attached hydrogens (tertiary/aromatic N) is 8. The number of anilines is 2. The summed E-state index contributed by atoms with van der Waals surface area (Å²) in [5.74, 6) is -0.331. The van der Waals surface area contributed by atoms with Crippen LogP contribution in [-0.4, -0.2) is 110 Å². The number of fused-ring (bicyclic) bond motifs is 2. The molecule has 8 atom stereocenters. The molecule has 2 aromatic carbocycles. The van der Waals surface area contributed by atoms with Gasteiger partial charge in [0.1, 0.15) is 31.0 Å². The first-order valence-electron chi connectivity index (χ1n) is 16.8. The van der Waals surface area contributed by atoms with Gasteiger partial charge in [0.05, 0.1) is 25.4 Å². The van der Waals surface area contributed by atoms with E-state index in [-0.39, 0.29) is 34.6 Å². The lowest BCUT2D eigenvalue weighted by molar-refractivity contribution is -0.0459. The van der Waals surface area contributed by atoms with Crippen LogP contribution in [0.1, 0.15) is 46.5 Å². The molecular weight excluding hydrogens is 710 g/mol. The Morgan fingerprint density at radius 2 is 1.11 bits per heavy atom. The molecular formula is C35H34F2N10O7. The van der Waals surface area contributed by atoms with Crippen molar-refractivity contribution in [3.05, 3.63) is 97.1 Å². The minimum atomic E-state index is -1.77. The van der Waals surface area contributed by atoms with E-state index >= 15 is 0 Å². The van der Waals surface area contributed by atoms with Gasteiger partial charge < -0.3 is 35.4 Å². The molecule has 2 fully saturated rings. The average molecular weight is 745 g/mol. The zero-order valence-corrected chi connectivity index (χ0v) is 28.4. The molecule has 2 amide bonds. The number of carbonyl (C=O) groups is 2. The fourth-order valence-electron chi connectivity index (χ4n) is 6.14. The van der Waals surface area contributed by atoms with Gasteiger partial charge in [-0.05, 0) is 30.7 Å². The van der Waals surface area contributed by atoms with Crippen molar-refractivity contribution in [3.8, 4) is 0 Å². The van der Waals surface area contributed by atoms with E-state index in [1.54, 1.807) is 54.6 Å². The topological polar surface area (TPSA) is 225 Å². The molecule has 2 saturated heterocycles. The molecule has 5 N–H and O–H groups in total. The van der Waals surface area contributed by atoms with Gasteiger partial charge in [0.2, 0.25) is 0 Å². The molecule has 0 bridgehead atoms. The van der Waals surface area contributed by atoms with E-state index in [4.69, 9.17) is 9.47 Å². The molecule has 2 aliphatic rings. The first kappa shape index (κ1) is 36.5. The predicted octanol–water partition coefficient (Wildman–Crippen LogP) is 2.75. The monoisotopic (exact) mass is 744 g/mol. The van der Waals surface area contributed by atoms with Crippen molar-refractivity contribution in [1.29, 1.82) is 0 Å². The summed E-state index contributed by atoms with van der Waals surface area (Å²) in [7, 11) is 0. The molecule has 8 rings (SSSR count). The number of rotatable bonds is 8. The number of ether oxygens (including phenoxy) is 2. The van der Waals surface area contributed by atoms with Crippen LogP contribution in [0.4, 0.5) is 20.4 Å². The smallest absolute Gasteiger partial charge is 0.256 e. The van der Waals surface area contributed by atoms with E-state index in [9.17, 15) is 33.7 Å². The zero-order valence-electron chi connectivity index (χ0n) is 28.4. The van der Waals surface area contributed by atoms with Crippen molar-refractivity contribution >= 4 is 45.8 Å². The molecule has 6 aromatic rings. The minimum Gasteiger partial charge on any atom is -0.394 e. The van der Waals surface area contributed by atoms with Crippen LogP contribution in [0.25, 0.3) is 22.3 Å². The van der Waals surface area contributed by atoms with Crippen LogP contribution < -0.4 is 10.6 Å². The highest BCUT2D eigenvalue weighted by Gasteiger charge is 2.46. The van der Waals surface area contributed by atoms with Crippen LogP contribution in [0.5, 0.6) is 0 Å². The van der Waals surface area contributed by atoms with Crippen molar-refractivity contribution in [2.24, 2.45) is 0 Å². The fourth-order valence-corrected chi connectivity index (χ4v) is 6.14. The lowest BCUT2D eigenvalue weighted by Gasteiger charge is -2.15. The van der Waals surface area contributed by atoms with Crippen LogP contribution in [0, 0.1) is 0 Å². The largest absolute Gasteiger partial charge is 0.394 e. The first-order chi connectivity index (χ1) is 26.2. The average Bonchev–Trinajstić information content (AvgIpc) is 3.97. The van der Waals surface area contributed by atoms with Gasteiger partial charge in [-0.1, -0.05) is 43.3 Å². The third kappa shape index (κ3) is 6.97. The number of hydrogen-bond donors (Lipinski definition) is 5. The first-order valence-corrected chi connectivity index (χ1v) is 16.8. The summed E-state index contributed by atoms with van der Waals surface area (Å²) in [6.45, 7) is 1.30. The maximum absolute atomic E-state index is 14.5. The van der Waals surface area contributed by atoms with E-state index in [0.717, 1.165) is 0 Å². The molecule has 280 valence electrons. The summed E-state index contributed by atoms with van der Waals surface area (Å²) in [5, 5.41) is 34.3. The van der Waals surface area contributed by atoms with Gasteiger partial charge in [-0.2, -0.15) is 0 Å². The molecule has 2 aliphatic heterocycles. The Balaban J connectivity index is 0.000000167. The van der Waals surface area contributed by atoms with Crippen molar-refractivity contribution in [1.82, 2.24) is 39.0 Å². The summed E-state index contributed by atoms with van der Waals surface area (Å²) in [4.78, 5) is 49.4. The van der Waals surface area contributed by atoms with Crippen LogP contribution in [0.15, 0.2) is 86.0 Å². The Labute approximate surface area is 304 Å². The van der Waals surface area contributed by atoms with Gasteiger partial charge in [0.25, 0.3) is 11.8 Å². The Bertz CT molecular complexity index is 2090. The highest BCUT2D eigenvalue weighted by Crippen LogP contribution is 2.36. The van der Waals surface area contributed by atoms with Crippen LogP contribution in [-0.2, 0) is 9.47 Å². The number of carbonyl (C=O) groups excluding carboxylic acids is 2. The second-order valence-corrected chi connectivity index (χ2v) is 12.3. The molecule has 4 aromatic heterocycles. The Hall–Kier alpha value is -5.86. The SMILES string of the molecule is CC[C@H]1O[C@@H](n2cnc3c(NC(=O)c4ccccc4)ncnc32)[C@H](F)[C@@H]1O.O=C(Nc1ncnc2c1ncn2[C@@H]1O[C@H](CO)[C@@H](O)[C@H]1F)c1ccccc1. The highest BCUT2D eigenvalue weighted by molar-refractivity contribution is 6.07. The van der Waals surface area contributed by atoms with E-state index in [0.29, 0.717) is 28.7 Å². The molecule has 6 heterocycles. The summed E-state index contributed by atoms with van der Waals surface area (Å²) < 4.78 is 42.6. The van der Waals surface area contributed by atoms with Gasteiger partial charge in [-0.3, -0.25) is 18.7 Å². The van der Waals surface area contributed by atoms with Crippen molar-refractivity contribution in [3.63, 3.8) is 0 Å². The predicted molar refractivity (Wildman–Crippen MR) is 186 cm³/mol. The highest BCUT2D eigenvalue weighted by atomic mass is 19.1. The zero-order chi connectivity index (χ0) is 37.9. The number of halogens is 2. The third-order valence-electron chi connectivity index (χ3n) is 8.97. The van der Waals surface area contributed by atoms with Crippen LogP contribution in [0.3, 0.4) is 0 Å². The summed E-state index contributed by atoms with van der Waals surface area (Å²) in [6.07, 6.45) is -4.30. The van der Waals surface area contributed by atoms with E-state index in [2.05, 4.69) is 40.5 Å². The van der Waals surface area contributed by atoms with E-state index < -0.39 is 55.8 Å². The molecule has 0 radical (unpaired) electrons. The van der Waals surface area contributed by atoms with Gasteiger partial charge in [0, 0.05) is 11.1 Å². The number of amides is 2. The van der Waals surface area contributed by atoms with Crippen molar-refractivity contribution in [2.75, 3.05) is 17.2 Å². The Kier molecular flexibility index (Phi) is 10.6. The second-order valence-electron chi connectivity index (χ2n) is 12.3. The van der Waals surface area contributed by atoms with Crippen LogP contribution in [0.2, 0.25) is 0 Å². The third-order valence-corrected chi connectivity index (χ3v) is 8.97. The molecule has 54 heavy (non-hydrogen) atoms. The molecule has 0 spiro atoms. The van der Waals surface area contributed by atoms with Gasteiger partial charge >= 0.3 is 0 Å². The molecule has 0 saturated carbocycles. The lowest BCUT2D eigenvalue weighted by atomic mass is 10.1. The van der Waals surface area contributed by atoms with Gasteiger partial charge in [0.15, 0.2) is 58.8 Å². The van der Waals surface area contributed by atoms with Gasteiger partial charge in [-0.25, -0.2) is 38.7 Å². The standard InChI is InChI=1S/C18H18FN5O3.C17H16FN5O4/c1-2-11-14(25)12(19)18(27-11)24-9-22-13-15(20-8-21-16(13)24)23-17(26)10-6-4-3-5-7-10;18-11-13(25)10(6-24)27-17(11)23-8-21-12-14(19-7-20-15(12)23)22-16(26)9-4-2-1-3-5-9/h3-9,11-12,14,18,25H,2H2,1H3,(H,20,21,23,26);1-5,7-8,10-11,13,17,24-25H,6H2,(H,19,20,22,26)/t11-,12-,14-,18-;10-,11-,13-,17-/m11/s1. The second kappa shape index (κ2) is 15.6. The number of nitrogens with one attached hydrogen (secondary N) is 2. The summed E-state index contributed by atoms with van der Waals surface area (Å²) >= 11 is 0. The number of aliphatic hydroxyl groups is 3. The number of benzene rings is 2. The maximum atomic E-state index is 14.5. The number of alkyl halides is 2. The maximum Gasteiger partial charge on any atom is 0.256 e. The number of aromatic nitrogens is 8. The van der Waals surface area contributed by atoms with Crippen LogP contribution >= 0.6 is 0 Å². The van der Waals surface area contributed by atoms with Gasteiger partial charge in [-0.15, -0.1) is 0 Å². The molecule has 0 aliphatic carbocycles. The minimum absolute atomic E-state index is 0.167. The Morgan fingerprint density at radius 3 is 1.50 bits per heavy atom. The fraction of sp³-hybridized carbons (Fsp3) is 0.314. The summed E-state index contributed by atoms with van der Waals surface area (Å²) in [6, 6.07) is 17.3. The van der Waals surface area contributed by atoms with Crippen molar-refractivity contribution in [2.45, 2.75) is 62.6 Å². The van der Waals surface area contributed by atoms with Crippen molar-refractivity contribution < 1.29 is 43.2 Å². The lowest BCUT2D eigenvalue weighted by Crippen LogP contribution is -2.30. The van der Waals surface area contributed by atoms with E-state index in [1.807, 2.05) is 13.0 Å². The number of aliphatic hydroxyl groups excluding tert-OH is 3. The molecule has 19 heteroatoms.